The SMILES string of the molecule is Cc1cc(C(=O)N(c2ccc(C3(C)N=CC=N3)cc2)c2cccc(C#N)c2)n[nH]1. The molecule has 1 aliphatic rings. The van der Waals surface area contributed by atoms with Crippen molar-refractivity contribution in [2.75, 3.05) is 4.90 Å². The first-order chi connectivity index (χ1) is 14.0. The largest absolute Gasteiger partial charge is 0.283 e. The summed E-state index contributed by atoms with van der Waals surface area (Å²) in [6, 6.07) is 18.2. The van der Waals surface area contributed by atoms with E-state index in [9.17, 15) is 10.1 Å². The molecule has 0 saturated heterocycles. The fraction of sp³-hybridized carbons (Fsp3) is 0.136. The molecule has 2 heterocycles. The maximum absolute atomic E-state index is 13.3. The number of anilines is 2. The Morgan fingerprint density at radius 2 is 1.79 bits per heavy atom. The highest BCUT2D eigenvalue weighted by molar-refractivity contribution is 6.17. The lowest BCUT2D eigenvalue weighted by atomic mass is 10.0. The zero-order chi connectivity index (χ0) is 20.4. The molecule has 3 aromatic rings. The number of aliphatic imine (C=N–C) groups is 2. The van der Waals surface area contributed by atoms with E-state index in [1.807, 2.05) is 38.1 Å². The van der Waals surface area contributed by atoms with Crippen LogP contribution >= 0.6 is 0 Å². The minimum absolute atomic E-state index is 0.291. The molecule has 0 spiro atoms. The molecule has 1 aromatic heterocycles. The van der Waals surface area contributed by atoms with Crippen LogP contribution in [0.5, 0.6) is 0 Å². The molecule has 7 heteroatoms. The van der Waals surface area contributed by atoms with Gasteiger partial charge >= 0.3 is 0 Å². The van der Waals surface area contributed by atoms with Gasteiger partial charge in [0.1, 0.15) is 0 Å². The summed E-state index contributed by atoms with van der Waals surface area (Å²) in [5.74, 6) is -0.291. The number of amides is 1. The molecular weight excluding hydrogens is 364 g/mol. The fourth-order valence-corrected chi connectivity index (χ4v) is 3.21. The number of hydrogen-bond donors (Lipinski definition) is 1. The van der Waals surface area contributed by atoms with Crippen molar-refractivity contribution in [1.29, 1.82) is 5.26 Å². The number of nitriles is 1. The molecule has 1 N–H and O–H groups in total. The topological polar surface area (TPSA) is 97.5 Å². The van der Waals surface area contributed by atoms with Gasteiger partial charge in [-0.15, -0.1) is 0 Å². The van der Waals surface area contributed by atoms with Crippen LogP contribution in [0, 0.1) is 18.3 Å². The van der Waals surface area contributed by atoms with Crippen LogP contribution in [0.4, 0.5) is 11.4 Å². The second-order valence-electron chi connectivity index (χ2n) is 6.86. The minimum atomic E-state index is -0.645. The second kappa shape index (κ2) is 7.17. The van der Waals surface area contributed by atoms with Gasteiger partial charge in [-0.1, -0.05) is 18.2 Å². The average molecular weight is 382 g/mol. The Labute approximate surface area is 168 Å². The molecule has 0 saturated carbocycles. The van der Waals surface area contributed by atoms with E-state index in [1.54, 1.807) is 47.7 Å². The first kappa shape index (κ1) is 18.3. The molecule has 0 bridgehead atoms. The van der Waals surface area contributed by atoms with Crippen LogP contribution in [0.15, 0.2) is 64.6 Å². The highest BCUT2D eigenvalue weighted by Crippen LogP contribution is 2.33. The summed E-state index contributed by atoms with van der Waals surface area (Å²) in [6.45, 7) is 3.76. The first-order valence-electron chi connectivity index (χ1n) is 9.06. The lowest BCUT2D eigenvalue weighted by Gasteiger charge is -2.24. The summed E-state index contributed by atoms with van der Waals surface area (Å²) in [5.41, 5.74) is 3.07. The summed E-state index contributed by atoms with van der Waals surface area (Å²) in [5, 5.41) is 16.2. The zero-order valence-electron chi connectivity index (χ0n) is 16.0. The lowest BCUT2D eigenvalue weighted by molar-refractivity contribution is 0.0994. The summed E-state index contributed by atoms with van der Waals surface area (Å²) in [6.07, 6.45) is 3.36. The van der Waals surface area contributed by atoms with Crippen molar-refractivity contribution in [1.82, 2.24) is 10.2 Å². The number of nitrogens with one attached hydrogen (secondary N) is 1. The molecule has 0 aliphatic carbocycles. The van der Waals surface area contributed by atoms with Gasteiger partial charge < -0.3 is 0 Å². The fourth-order valence-electron chi connectivity index (χ4n) is 3.21. The molecule has 142 valence electrons. The van der Waals surface area contributed by atoms with Crippen LogP contribution < -0.4 is 4.90 Å². The quantitative estimate of drug-likeness (QED) is 0.741. The van der Waals surface area contributed by atoms with Crippen LogP contribution in [-0.4, -0.2) is 28.5 Å². The van der Waals surface area contributed by atoms with E-state index >= 15 is 0 Å². The molecule has 2 aromatic carbocycles. The van der Waals surface area contributed by atoms with Crippen molar-refractivity contribution >= 4 is 29.7 Å². The summed E-state index contributed by atoms with van der Waals surface area (Å²) in [4.78, 5) is 23.6. The number of aromatic nitrogens is 2. The van der Waals surface area contributed by atoms with Gasteiger partial charge in [-0.05, 0) is 50.2 Å². The van der Waals surface area contributed by atoms with Crippen LogP contribution in [0.2, 0.25) is 0 Å². The van der Waals surface area contributed by atoms with E-state index in [-0.39, 0.29) is 5.91 Å². The third kappa shape index (κ3) is 3.44. The zero-order valence-corrected chi connectivity index (χ0v) is 16.0. The van der Waals surface area contributed by atoms with Gasteiger partial charge in [-0.2, -0.15) is 10.4 Å². The van der Waals surface area contributed by atoms with Gasteiger partial charge in [0, 0.05) is 29.4 Å². The molecule has 0 fully saturated rings. The van der Waals surface area contributed by atoms with Gasteiger partial charge in [0.15, 0.2) is 11.4 Å². The lowest BCUT2D eigenvalue weighted by Crippen LogP contribution is -2.26. The van der Waals surface area contributed by atoms with Crippen LogP contribution in [0.3, 0.4) is 0 Å². The predicted molar refractivity (Wildman–Crippen MR) is 112 cm³/mol. The number of carbonyl (C=O) groups is 1. The number of aromatic amines is 1. The van der Waals surface area contributed by atoms with Crippen molar-refractivity contribution < 1.29 is 4.79 Å². The molecule has 29 heavy (non-hydrogen) atoms. The number of carbonyl (C=O) groups excluding carboxylic acids is 1. The van der Waals surface area contributed by atoms with E-state index in [0.717, 1.165) is 11.3 Å². The Morgan fingerprint density at radius 1 is 1.07 bits per heavy atom. The number of nitrogens with zero attached hydrogens (tertiary/aromatic N) is 5. The molecule has 1 aliphatic heterocycles. The van der Waals surface area contributed by atoms with E-state index in [0.29, 0.717) is 22.6 Å². The number of rotatable bonds is 4. The Balaban J connectivity index is 1.77. The van der Waals surface area contributed by atoms with Crippen molar-refractivity contribution in [3.8, 4) is 6.07 Å². The summed E-state index contributed by atoms with van der Waals surface area (Å²) in [7, 11) is 0. The third-order valence-corrected chi connectivity index (χ3v) is 4.75. The molecule has 1 amide bonds. The monoisotopic (exact) mass is 382 g/mol. The summed E-state index contributed by atoms with van der Waals surface area (Å²) < 4.78 is 0. The van der Waals surface area contributed by atoms with Crippen molar-refractivity contribution in [3.05, 3.63) is 77.1 Å². The van der Waals surface area contributed by atoms with Crippen LogP contribution in [0.1, 0.15) is 34.2 Å². The molecule has 0 atom stereocenters. The second-order valence-corrected chi connectivity index (χ2v) is 6.86. The Morgan fingerprint density at radius 3 is 2.41 bits per heavy atom. The molecule has 4 rings (SSSR count). The number of aryl methyl sites for hydroxylation is 1. The maximum Gasteiger partial charge on any atom is 0.283 e. The van der Waals surface area contributed by atoms with Gasteiger partial charge in [0.25, 0.3) is 5.91 Å². The van der Waals surface area contributed by atoms with Gasteiger partial charge in [0.05, 0.1) is 17.3 Å². The first-order valence-corrected chi connectivity index (χ1v) is 9.06. The number of hydrogen-bond acceptors (Lipinski definition) is 5. The Bertz CT molecular complexity index is 1150. The number of benzene rings is 2. The highest BCUT2D eigenvalue weighted by Gasteiger charge is 2.27. The molecule has 7 nitrogen and oxygen atoms in total. The van der Waals surface area contributed by atoms with Gasteiger partial charge in [-0.3, -0.25) is 24.8 Å². The van der Waals surface area contributed by atoms with E-state index in [4.69, 9.17) is 0 Å². The van der Waals surface area contributed by atoms with E-state index < -0.39 is 5.66 Å². The molecule has 0 unspecified atom stereocenters. The normalized spacial score (nSPS) is 14.0. The molecular formula is C22H18N6O. The van der Waals surface area contributed by atoms with Gasteiger partial charge in [-0.25, -0.2) is 0 Å². The van der Waals surface area contributed by atoms with Crippen LogP contribution in [0.25, 0.3) is 0 Å². The van der Waals surface area contributed by atoms with Crippen molar-refractivity contribution in [3.63, 3.8) is 0 Å². The maximum atomic E-state index is 13.3. The number of H-pyrrole nitrogens is 1. The Kier molecular flexibility index (Phi) is 4.53. The Hall–Kier alpha value is -4.05. The highest BCUT2D eigenvalue weighted by atomic mass is 16.2. The predicted octanol–water partition coefficient (Wildman–Crippen LogP) is 3.90. The minimum Gasteiger partial charge on any atom is -0.282 e. The van der Waals surface area contributed by atoms with E-state index in [2.05, 4.69) is 26.3 Å². The van der Waals surface area contributed by atoms with Crippen molar-refractivity contribution in [2.45, 2.75) is 19.5 Å². The standard InChI is InChI=1S/C22H18N6O/c1-15-12-20(27-26-15)21(29)28(19-5-3-4-16(13-19)14-23)18-8-6-17(7-9-18)22(2)24-10-11-25-22/h3-13H,1-2H3,(H,26,27). The summed E-state index contributed by atoms with van der Waals surface area (Å²) >= 11 is 0. The third-order valence-electron chi connectivity index (χ3n) is 4.75. The van der Waals surface area contributed by atoms with E-state index in [1.165, 1.54) is 0 Å². The van der Waals surface area contributed by atoms with Crippen LogP contribution in [-0.2, 0) is 5.66 Å². The van der Waals surface area contributed by atoms with Crippen molar-refractivity contribution in [2.24, 2.45) is 9.98 Å². The molecule has 0 radical (unpaired) electrons. The average Bonchev–Trinajstić information content (AvgIpc) is 3.38. The smallest absolute Gasteiger partial charge is 0.282 e. The van der Waals surface area contributed by atoms with Gasteiger partial charge in [0.2, 0.25) is 0 Å².